The quantitative estimate of drug-likeness (QED) is 0.830. The minimum absolute atomic E-state index is 0.0954. The molecule has 2 heteroatoms. The molecule has 0 amide bonds. The summed E-state index contributed by atoms with van der Waals surface area (Å²) in [5, 5.41) is 3.66. The smallest absolute Gasteiger partial charge is 0.126 e. The van der Waals surface area contributed by atoms with E-state index >= 15 is 0 Å². The van der Waals surface area contributed by atoms with Crippen molar-refractivity contribution in [2.45, 2.75) is 58.9 Å². The van der Waals surface area contributed by atoms with Crippen LogP contribution in [0.2, 0.25) is 0 Å². The molecule has 1 nitrogen and oxygen atoms in total. The molecule has 1 aromatic rings. The molecule has 3 atom stereocenters. The number of rotatable bonds is 5. The highest BCUT2D eigenvalue weighted by molar-refractivity contribution is 5.32. The van der Waals surface area contributed by atoms with Crippen molar-refractivity contribution >= 4 is 0 Å². The summed E-state index contributed by atoms with van der Waals surface area (Å²) >= 11 is 0. The first-order valence-electron chi connectivity index (χ1n) is 7.52. The van der Waals surface area contributed by atoms with Crippen molar-refractivity contribution in [3.8, 4) is 0 Å². The van der Waals surface area contributed by atoms with E-state index in [-0.39, 0.29) is 5.82 Å². The molecule has 1 N–H and O–H groups in total. The topological polar surface area (TPSA) is 12.0 Å². The molecular formula is C17H26FN. The van der Waals surface area contributed by atoms with Crippen LogP contribution in [0, 0.1) is 18.2 Å². The Balaban J connectivity index is 2.15. The van der Waals surface area contributed by atoms with Crippen LogP contribution in [-0.4, -0.2) is 12.6 Å². The van der Waals surface area contributed by atoms with Gasteiger partial charge in [0.05, 0.1) is 0 Å². The first-order valence-corrected chi connectivity index (χ1v) is 7.52. The summed E-state index contributed by atoms with van der Waals surface area (Å²) in [5.74, 6) is 0.466. The number of aryl methyl sites for hydroxylation is 1. The predicted molar refractivity (Wildman–Crippen MR) is 79.0 cm³/mol. The van der Waals surface area contributed by atoms with Gasteiger partial charge >= 0.3 is 0 Å². The summed E-state index contributed by atoms with van der Waals surface area (Å²) < 4.78 is 13.4. The average Bonchev–Trinajstić information content (AvgIpc) is 2.40. The summed E-state index contributed by atoms with van der Waals surface area (Å²) in [6.45, 7) is 9.79. The molecule has 3 unspecified atom stereocenters. The third kappa shape index (κ3) is 2.55. The lowest BCUT2D eigenvalue weighted by Crippen LogP contribution is -2.56. The van der Waals surface area contributed by atoms with Crippen LogP contribution in [0.1, 0.15) is 57.1 Å². The minimum Gasteiger partial charge on any atom is -0.313 e. The van der Waals surface area contributed by atoms with E-state index in [4.69, 9.17) is 0 Å². The molecule has 19 heavy (non-hydrogen) atoms. The van der Waals surface area contributed by atoms with E-state index in [0.717, 1.165) is 18.5 Å². The van der Waals surface area contributed by atoms with E-state index in [9.17, 15) is 4.39 Å². The number of halogens is 1. The molecule has 0 heterocycles. The maximum atomic E-state index is 13.4. The van der Waals surface area contributed by atoms with Crippen LogP contribution >= 0.6 is 0 Å². The van der Waals surface area contributed by atoms with Crippen LogP contribution in [0.4, 0.5) is 4.39 Å². The Morgan fingerprint density at radius 1 is 1.37 bits per heavy atom. The molecule has 1 aliphatic carbocycles. The molecule has 0 aliphatic heterocycles. The van der Waals surface area contributed by atoms with Gasteiger partial charge in [-0.05, 0) is 61.3 Å². The fraction of sp³-hybridized carbons (Fsp3) is 0.647. The van der Waals surface area contributed by atoms with Gasteiger partial charge in [0.25, 0.3) is 0 Å². The molecule has 0 bridgehead atoms. The van der Waals surface area contributed by atoms with Gasteiger partial charge in [-0.25, -0.2) is 4.39 Å². The zero-order valence-corrected chi connectivity index (χ0v) is 12.6. The molecule has 1 aromatic carbocycles. The molecule has 106 valence electrons. The van der Waals surface area contributed by atoms with Gasteiger partial charge in [0.1, 0.15) is 5.82 Å². The van der Waals surface area contributed by atoms with Gasteiger partial charge < -0.3 is 5.32 Å². The molecule has 1 fully saturated rings. The fourth-order valence-electron chi connectivity index (χ4n) is 3.39. The van der Waals surface area contributed by atoms with Crippen molar-refractivity contribution in [1.29, 1.82) is 0 Å². The predicted octanol–water partition coefficient (Wildman–Crippen LogP) is 4.41. The van der Waals surface area contributed by atoms with Gasteiger partial charge in [0.2, 0.25) is 0 Å². The summed E-state index contributed by atoms with van der Waals surface area (Å²) in [6.07, 6.45) is 3.52. The standard InChI is InChI=1S/C17H26FN/c1-5-9-19-16-11-14(17(16,4)6-2)13-7-8-15(18)12(3)10-13/h7-8,10,14,16,19H,5-6,9,11H2,1-4H3. The molecule has 1 saturated carbocycles. The monoisotopic (exact) mass is 263 g/mol. The van der Waals surface area contributed by atoms with Crippen LogP contribution < -0.4 is 5.32 Å². The number of benzene rings is 1. The highest BCUT2D eigenvalue weighted by Crippen LogP contribution is 2.54. The molecule has 0 spiro atoms. The van der Waals surface area contributed by atoms with Gasteiger partial charge in [-0.15, -0.1) is 0 Å². The van der Waals surface area contributed by atoms with Crippen molar-refractivity contribution in [3.05, 3.63) is 35.1 Å². The maximum Gasteiger partial charge on any atom is 0.126 e. The number of hydrogen-bond acceptors (Lipinski definition) is 1. The maximum absolute atomic E-state index is 13.4. The van der Waals surface area contributed by atoms with Gasteiger partial charge in [-0.2, -0.15) is 0 Å². The molecular weight excluding hydrogens is 237 g/mol. The average molecular weight is 263 g/mol. The van der Waals surface area contributed by atoms with E-state index in [1.54, 1.807) is 6.07 Å². The lowest BCUT2D eigenvalue weighted by molar-refractivity contribution is 0.0444. The van der Waals surface area contributed by atoms with E-state index in [1.165, 1.54) is 18.4 Å². The zero-order valence-electron chi connectivity index (χ0n) is 12.6. The van der Waals surface area contributed by atoms with Gasteiger partial charge in [0.15, 0.2) is 0 Å². The Bertz CT molecular complexity index is 443. The zero-order chi connectivity index (χ0) is 14.0. The third-order valence-corrected chi connectivity index (χ3v) is 5.05. The number of hydrogen-bond donors (Lipinski definition) is 1. The Hall–Kier alpha value is -0.890. The molecule has 0 radical (unpaired) electrons. The second-order valence-electron chi connectivity index (χ2n) is 6.16. The van der Waals surface area contributed by atoms with Crippen molar-refractivity contribution in [3.63, 3.8) is 0 Å². The van der Waals surface area contributed by atoms with Crippen molar-refractivity contribution in [2.24, 2.45) is 5.41 Å². The normalized spacial score (nSPS) is 30.2. The van der Waals surface area contributed by atoms with E-state index in [0.29, 0.717) is 17.4 Å². The van der Waals surface area contributed by atoms with E-state index in [1.807, 2.05) is 19.1 Å². The van der Waals surface area contributed by atoms with Crippen molar-refractivity contribution in [1.82, 2.24) is 5.32 Å². The Kier molecular flexibility index (Phi) is 4.29. The van der Waals surface area contributed by atoms with Crippen LogP contribution in [0.5, 0.6) is 0 Å². The molecule has 0 aromatic heterocycles. The number of nitrogens with one attached hydrogen (secondary N) is 1. The minimum atomic E-state index is -0.0954. The Morgan fingerprint density at radius 3 is 2.68 bits per heavy atom. The summed E-state index contributed by atoms with van der Waals surface area (Å²) in [5.41, 5.74) is 2.37. The Labute approximate surface area is 116 Å². The van der Waals surface area contributed by atoms with Crippen LogP contribution in [-0.2, 0) is 0 Å². The van der Waals surface area contributed by atoms with Gasteiger partial charge in [-0.3, -0.25) is 0 Å². The SMILES string of the molecule is CCCNC1CC(c2ccc(F)c(C)c2)C1(C)CC. The largest absolute Gasteiger partial charge is 0.313 e. The second-order valence-corrected chi connectivity index (χ2v) is 6.16. The van der Waals surface area contributed by atoms with Gasteiger partial charge in [-0.1, -0.05) is 32.9 Å². The summed E-state index contributed by atoms with van der Waals surface area (Å²) in [4.78, 5) is 0. The molecule has 1 aliphatic rings. The van der Waals surface area contributed by atoms with Crippen molar-refractivity contribution in [2.75, 3.05) is 6.54 Å². The summed E-state index contributed by atoms with van der Waals surface area (Å²) in [6, 6.07) is 6.22. The fourth-order valence-corrected chi connectivity index (χ4v) is 3.39. The van der Waals surface area contributed by atoms with Crippen LogP contribution in [0.15, 0.2) is 18.2 Å². The van der Waals surface area contributed by atoms with Crippen LogP contribution in [0.3, 0.4) is 0 Å². The molecule has 0 saturated heterocycles. The lowest BCUT2D eigenvalue weighted by Gasteiger charge is -2.55. The highest BCUT2D eigenvalue weighted by atomic mass is 19.1. The first kappa shape index (κ1) is 14.5. The summed E-state index contributed by atoms with van der Waals surface area (Å²) in [7, 11) is 0. The van der Waals surface area contributed by atoms with Gasteiger partial charge in [0, 0.05) is 6.04 Å². The molecule has 2 rings (SSSR count). The first-order chi connectivity index (χ1) is 9.02. The third-order valence-electron chi connectivity index (χ3n) is 5.05. The van der Waals surface area contributed by atoms with E-state index in [2.05, 4.69) is 26.1 Å². The van der Waals surface area contributed by atoms with Crippen molar-refractivity contribution < 1.29 is 4.39 Å². The Morgan fingerprint density at radius 2 is 2.11 bits per heavy atom. The lowest BCUT2D eigenvalue weighted by atomic mass is 9.54. The van der Waals surface area contributed by atoms with E-state index < -0.39 is 0 Å². The highest BCUT2D eigenvalue weighted by Gasteiger charge is 2.50. The van der Waals surface area contributed by atoms with Crippen LogP contribution in [0.25, 0.3) is 0 Å². The second kappa shape index (κ2) is 5.62.